The summed E-state index contributed by atoms with van der Waals surface area (Å²) in [5.41, 5.74) is 5.51. The summed E-state index contributed by atoms with van der Waals surface area (Å²) in [7, 11) is -3.63. The van der Waals surface area contributed by atoms with Crippen LogP contribution in [0.1, 0.15) is 67.2 Å². The van der Waals surface area contributed by atoms with E-state index in [2.05, 4.69) is 100.0 Å². The van der Waals surface area contributed by atoms with E-state index in [0.717, 1.165) is 37.2 Å². The third-order valence-electron chi connectivity index (χ3n) is 6.31. The zero-order valence-electron chi connectivity index (χ0n) is 23.7. The Hall–Kier alpha value is -2.05. The second-order valence-corrected chi connectivity index (χ2v) is 21.1. The molecule has 0 radical (unpaired) electrons. The van der Waals surface area contributed by atoms with Crippen LogP contribution in [0, 0.1) is 0 Å². The topological polar surface area (TPSA) is 18.5 Å². The van der Waals surface area contributed by atoms with Crippen molar-refractivity contribution in [2.24, 2.45) is 0 Å². The van der Waals surface area contributed by atoms with E-state index < -0.39 is 16.6 Å². The lowest BCUT2D eigenvalue weighted by Gasteiger charge is -2.28. The summed E-state index contributed by atoms with van der Waals surface area (Å²) in [6, 6.07) is 18.4. The van der Waals surface area contributed by atoms with Crippen molar-refractivity contribution in [1.29, 1.82) is 0 Å². The van der Waals surface area contributed by atoms with E-state index in [4.69, 9.17) is 8.85 Å². The molecule has 0 fully saturated rings. The molecule has 6 rings (SSSR count). The molecule has 2 nitrogen and oxygen atoms in total. The molecule has 36 heavy (non-hydrogen) atoms. The molecule has 0 saturated carbocycles. The molecule has 0 atom stereocenters. The molecule has 0 aromatic heterocycles. The van der Waals surface area contributed by atoms with Crippen LogP contribution in [0.25, 0.3) is 6.08 Å². The van der Waals surface area contributed by atoms with Gasteiger partial charge < -0.3 is 8.85 Å². The SMILES string of the molecule is C[Si](C)(C)OC1=C\c2ccc(cc2)CCCCCCCc2ccc(cc2)CCC/C=C\1O[Si](C)(C)C. The van der Waals surface area contributed by atoms with Gasteiger partial charge in [-0.25, -0.2) is 0 Å². The van der Waals surface area contributed by atoms with Crippen molar-refractivity contribution in [3.8, 4) is 0 Å². The van der Waals surface area contributed by atoms with Gasteiger partial charge in [0.1, 0.15) is 11.5 Å². The van der Waals surface area contributed by atoms with Gasteiger partial charge in [0.2, 0.25) is 16.6 Å². The van der Waals surface area contributed by atoms with Gasteiger partial charge in [-0.05, 0) is 119 Å². The summed E-state index contributed by atoms with van der Waals surface area (Å²) in [5, 5.41) is 0. The van der Waals surface area contributed by atoms with Crippen LogP contribution in [0.4, 0.5) is 0 Å². The van der Waals surface area contributed by atoms with Crippen LogP contribution in [0.2, 0.25) is 39.3 Å². The Bertz CT molecular complexity index is 990. The minimum absolute atomic E-state index is 0.899. The average molecular weight is 521 g/mol. The van der Waals surface area contributed by atoms with Crippen LogP contribution < -0.4 is 0 Å². The van der Waals surface area contributed by atoms with Gasteiger partial charge in [-0.2, -0.15) is 0 Å². The molecule has 0 aliphatic heterocycles. The normalized spacial score (nSPS) is 19.8. The van der Waals surface area contributed by atoms with Crippen LogP contribution in [-0.4, -0.2) is 16.6 Å². The van der Waals surface area contributed by atoms with Gasteiger partial charge in [0.15, 0.2) is 0 Å². The second kappa shape index (κ2) is 13.5. The van der Waals surface area contributed by atoms with Crippen molar-refractivity contribution >= 4 is 22.7 Å². The molecule has 2 aromatic carbocycles. The van der Waals surface area contributed by atoms with Crippen LogP contribution in [0.3, 0.4) is 0 Å². The predicted molar refractivity (Wildman–Crippen MR) is 161 cm³/mol. The minimum Gasteiger partial charge on any atom is -0.542 e. The molecule has 4 heteroatoms. The first kappa shape index (κ1) is 28.5. The first-order chi connectivity index (χ1) is 17.1. The summed E-state index contributed by atoms with van der Waals surface area (Å²) in [5.74, 6) is 1.83. The van der Waals surface area contributed by atoms with E-state index in [1.807, 2.05) is 0 Å². The highest BCUT2D eigenvalue weighted by Gasteiger charge is 2.25. The van der Waals surface area contributed by atoms with E-state index >= 15 is 0 Å². The molecule has 0 heterocycles. The lowest BCUT2D eigenvalue weighted by molar-refractivity contribution is 0.344. The molecule has 4 aliphatic carbocycles. The molecule has 0 saturated heterocycles. The summed E-state index contributed by atoms with van der Waals surface area (Å²) in [4.78, 5) is 0. The highest BCUT2D eigenvalue weighted by Crippen LogP contribution is 2.26. The maximum atomic E-state index is 6.64. The second-order valence-electron chi connectivity index (χ2n) is 12.2. The minimum atomic E-state index is -1.82. The highest BCUT2D eigenvalue weighted by atomic mass is 28.4. The zero-order valence-corrected chi connectivity index (χ0v) is 25.7. The summed E-state index contributed by atoms with van der Waals surface area (Å²) >= 11 is 0. The standard InChI is InChI=1S/C32H48O2Si2/c1-35(2,3)33-31-17-13-12-16-29-20-18-27(19-21-29)14-10-8-7-9-11-15-28-22-24-30(25-23-28)26-32(31)34-36(4,5)6/h17-26H,7-16H2,1-6H3/b31-17+,32-26-. The lowest BCUT2D eigenvalue weighted by Crippen LogP contribution is -2.29. The van der Waals surface area contributed by atoms with Crippen LogP contribution in [0.5, 0.6) is 0 Å². The van der Waals surface area contributed by atoms with Crippen molar-refractivity contribution in [3.05, 3.63) is 88.4 Å². The smallest absolute Gasteiger partial charge is 0.242 e. The van der Waals surface area contributed by atoms with Crippen molar-refractivity contribution < 1.29 is 8.85 Å². The number of benzene rings is 2. The molecular formula is C32H48O2Si2. The van der Waals surface area contributed by atoms with Gasteiger partial charge >= 0.3 is 0 Å². The van der Waals surface area contributed by atoms with E-state index in [1.165, 1.54) is 60.8 Å². The van der Waals surface area contributed by atoms with Crippen molar-refractivity contribution in [2.75, 3.05) is 0 Å². The first-order valence-corrected chi connectivity index (χ1v) is 20.9. The fourth-order valence-corrected chi connectivity index (χ4v) is 6.20. The summed E-state index contributed by atoms with van der Waals surface area (Å²) < 4.78 is 13.3. The third kappa shape index (κ3) is 10.9. The Kier molecular flexibility index (Phi) is 10.7. The van der Waals surface area contributed by atoms with Gasteiger partial charge in [0.05, 0.1) is 0 Å². The number of rotatable bonds is 4. The molecule has 4 bridgehead atoms. The highest BCUT2D eigenvalue weighted by molar-refractivity contribution is 6.70. The van der Waals surface area contributed by atoms with Gasteiger partial charge in [-0.3, -0.25) is 0 Å². The average Bonchev–Trinajstić information content (AvgIpc) is 2.80. The first-order valence-electron chi connectivity index (χ1n) is 14.0. The van der Waals surface area contributed by atoms with Crippen LogP contribution in [0.15, 0.2) is 66.1 Å². The summed E-state index contributed by atoms with van der Waals surface area (Å²) in [6.45, 7) is 13.5. The Labute approximate surface area is 223 Å². The molecule has 0 N–H and O–H groups in total. The monoisotopic (exact) mass is 520 g/mol. The predicted octanol–water partition coefficient (Wildman–Crippen LogP) is 9.69. The Morgan fingerprint density at radius 2 is 0.917 bits per heavy atom. The quantitative estimate of drug-likeness (QED) is 0.373. The van der Waals surface area contributed by atoms with Gasteiger partial charge in [0, 0.05) is 0 Å². The lowest BCUT2D eigenvalue weighted by atomic mass is 10.0. The fraction of sp³-hybridized carbons (Fsp3) is 0.500. The molecule has 0 spiro atoms. The zero-order chi connectivity index (χ0) is 26.0. The Morgan fingerprint density at radius 3 is 1.42 bits per heavy atom. The van der Waals surface area contributed by atoms with E-state index in [9.17, 15) is 0 Å². The molecule has 0 amide bonds. The van der Waals surface area contributed by atoms with Crippen LogP contribution in [-0.2, 0) is 28.1 Å². The van der Waals surface area contributed by atoms with E-state index in [-0.39, 0.29) is 0 Å². The number of aryl methyl sites for hydroxylation is 3. The molecule has 4 aliphatic rings. The molecular weight excluding hydrogens is 473 g/mol. The number of allylic oxidation sites excluding steroid dienone is 1. The molecule has 2 aromatic rings. The van der Waals surface area contributed by atoms with Crippen molar-refractivity contribution in [3.63, 3.8) is 0 Å². The maximum Gasteiger partial charge on any atom is 0.242 e. The molecule has 0 unspecified atom stereocenters. The third-order valence-corrected chi connectivity index (χ3v) is 7.97. The van der Waals surface area contributed by atoms with Gasteiger partial charge in [-0.1, -0.05) is 67.8 Å². The maximum absolute atomic E-state index is 6.64. The number of hydrogen-bond acceptors (Lipinski definition) is 2. The Morgan fingerprint density at radius 1 is 0.500 bits per heavy atom. The largest absolute Gasteiger partial charge is 0.542 e. The Balaban J connectivity index is 1.89. The number of hydrogen-bond donors (Lipinski definition) is 0. The van der Waals surface area contributed by atoms with Crippen molar-refractivity contribution in [2.45, 2.75) is 103 Å². The molecule has 196 valence electrons. The van der Waals surface area contributed by atoms with Gasteiger partial charge in [-0.15, -0.1) is 0 Å². The van der Waals surface area contributed by atoms with E-state index in [0.29, 0.717) is 0 Å². The van der Waals surface area contributed by atoms with Crippen LogP contribution >= 0.6 is 0 Å². The van der Waals surface area contributed by atoms with Gasteiger partial charge in [0.25, 0.3) is 0 Å². The fourth-order valence-electron chi connectivity index (χ4n) is 4.54. The van der Waals surface area contributed by atoms with E-state index in [1.54, 1.807) is 0 Å². The summed E-state index contributed by atoms with van der Waals surface area (Å²) in [6.07, 6.45) is 16.6. The van der Waals surface area contributed by atoms with Crippen molar-refractivity contribution in [1.82, 2.24) is 0 Å².